The Bertz CT molecular complexity index is 1060. The van der Waals surface area contributed by atoms with Crippen LogP contribution in [0.25, 0.3) is 11.1 Å². The van der Waals surface area contributed by atoms with E-state index in [4.69, 9.17) is 4.74 Å². The molecule has 0 saturated carbocycles. The first-order valence-corrected chi connectivity index (χ1v) is 11.7. The van der Waals surface area contributed by atoms with E-state index < -0.39 is 28.9 Å². The van der Waals surface area contributed by atoms with Crippen molar-refractivity contribution >= 4 is 23.5 Å². The Morgan fingerprint density at radius 2 is 1.79 bits per heavy atom. The third-order valence-corrected chi connectivity index (χ3v) is 6.00. The SMILES string of the molecule is CCCCC1NCC(C)(C(=O)O)C(=O)N1c1ccc(-c2ccccc2C(=O)OC(C)(C)C)cc1. The van der Waals surface area contributed by atoms with Crippen LogP contribution in [0, 0.1) is 5.41 Å². The van der Waals surface area contributed by atoms with Crippen LogP contribution in [0.1, 0.15) is 64.2 Å². The lowest BCUT2D eigenvalue weighted by Crippen LogP contribution is -2.65. The van der Waals surface area contributed by atoms with Gasteiger partial charge in [-0.05, 0) is 63.4 Å². The van der Waals surface area contributed by atoms with Crippen molar-refractivity contribution < 1.29 is 24.2 Å². The van der Waals surface area contributed by atoms with Gasteiger partial charge >= 0.3 is 11.9 Å². The maximum absolute atomic E-state index is 13.3. The second-order valence-electron chi connectivity index (χ2n) is 9.95. The van der Waals surface area contributed by atoms with Crippen LogP contribution in [0.2, 0.25) is 0 Å². The molecule has 1 aliphatic rings. The largest absolute Gasteiger partial charge is 0.480 e. The molecule has 7 nitrogen and oxygen atoms in total. The summed E-state index contributed by atoms with van der Waals surface area (Å²) < 4.78 is 5.56. The highest BCUT2D eigenvalue weighted by Gasteiger charge is 2.49. The zero-order valence-electron chi connectivity index (χ0n) is 20.6. The number of ether oxygens (including phenoxy) is 1. The van der Waals surface area contributed by atoms with Crippen LogP contribution in [0.5, 0.6) is 0 Å². The summed E-state index contributed by atoms with van der Waals surface area (Å²) in [6.07, 6.45) is 2.32. The maximum Gasteiger partial charge on any atom is 0.339 e. The van der Waals surface area contributed by atoms with E-state index in [1.165, 1.54) is 6.92 Å². The lowest BCUT2D eigenvalue weighted by Gasteiger charge is -2.43. The molecule has 1 heterocycles. The number of benzene rings is 2. The lowest BCUT2D eigenvalue weighted by atomic mass is 9.85. The van der Waals surface area contributed by atoms with Crippen molar-refractivity contribution in [3.63, 3.8) is 0 Å². The average molecular weight is 467 g/mol. The van der Waals surface area contributed by atoms with Crippen molar-refractivity contribution in [3.8, 4) is 11.1 Å². The van der Waals surface area contributed by atoms with Gasteiger partial charge in [-0.25, -0.2) is 4.79 Å². The standard InChI is InChI=1S/C27H34N2O5/c1-6-7-12-22-28-17-27(5,25(32)33)24(31)29(22)19-15-13-18(14-16-19)20-10-8-9-11-21(20)23(30)34-26(2,3)4/h8-11,13-16,22,28H,6-7,12,17H2,1-5H3,(H,32,33). The monoisotopic (exact) mass is 466 g/mol. The highest BCUT2D eigenvalue weighted by atomic mass is 16.6. The molecule has 1 aliphatic heterocycles. The number of anilines is 1. The van der Waals surface area contributed by atoms with E-state index in [1.54, 1.807) is 29.2 Å². The van der Waals surface area contributed by atoms with Gasteiger partial charge in [-0.3, -0.25) is 19.8 Å². The van der Waals surface area contributed by atoms with E-state index in [0.717, 1.165) is 30.4 Å². The zero-order chi connectivity index (χ0) is 25.1. The third-order valence-electron chi connectivity index (χ3n) is 6.00. The fourth-order valence-electron chi connectivity index (χ4n) is 4.04. The summed E-state index contributed by atoms with van der Waals surface area (Å²) in [4.78, 5) is 39.5. The van der Waals surface area contributed by atoms with Gasteiger partial charge in [0.25, 0.3) is 0 Å². The molecule has 0 spiro atoms. The van der Waals surface area contributed by atoms with E-state index in [-0.39, 0.29) is 12.7 Å². The number of carbonyl (C=O) groups is 3. The number of hydrogen-bond acceptors (Lipinski definition) is 5. The van der Waals surface area contributed by atoms with Gasteiger partial charge in [-0.15, -0.1) is 0 Å². The van der Waals surface area contributed by atoms with Gasteiger partial charge in [0.1, 0.15) is 5.60 Å². The second-order valence-corrected chi connectivity index (χ2v) is 9.95. The number of amides is 1. The fraction of sp³-hybridized carbons (Fsp3) is 0.444. The minimum atomic E-state index is -1.54. The summed E-state index contributed by atoms with van der Waals surface area (Å²) in [5, 5.41) is 13.0. The van der Waals surface area contributed by atoms with Crippen LogP contribution >= 0.6 is 0 Å². The summed E-state index contributed by atoms with van der Waals surface area (Å²) in [5.41, 5.74) is 0.451. The summed E-state index contributed by atoms with van der Waals surface area (Å²) in [6, 6.07) is 14.5. The smallest absolute Gasteiger partial charge is 0.339 e. The first kappa shape index (κ1) is 25.4. The van der Waals surface area contributed by atoms with Gasteiger partial charge in [-0.2, -0.15) is 0 Å². The lowest BCUT2D eigenvalue weighted by molar-refractivity contribution is -0.155. The fourth-order valence-corrected chi connectivity index (χ4v) is 4.04. The number of esters is 1. The topological polar surface area (TPSA) is 95.9 Å². The average Bonchev–Trinajstić information content (AvgIpc) is 2.79. The number of hydrogen-bond donors (Lipinski definition) is 2. The number of nitrogens with one attached hydrogen (secondary N) is 1. The van der Waals surface area contributed by atoms with Crippen LogP contribution in [0.15, 0.2) is 48.5 Å². The van der Waals surface area contributed by atoms with Crippen molar-refractivity contribution in [2.24, 2.45) is 5.41 Å². The molecule has 0 bridgehead atoms. The van der Waals surface area contributed by atoms with Crippen molar-refractivity contribution in [1.29, 1.82) is 0 Å². The Morgan fingerprint density at radius 3 is 2.38 bits per heavy atom. The molecule has 7 heteroatoms. The van der Waals surface area contributed by atoms with Gasteiger partial charge in [0.15, 0.2) is 5.41 Å². The van der Waals surface area contributed by atoms with E-state index in [2.05, 4.69) is 12.2 Å². The summed E-state index contributed by atoms with van der Waals surface area (Å²) in [7, 11) is 0. The molecule has 2 N–H and O–H groups in total. The molecule has 3 rings (SSSR count). The molecule has 182 valence electrons. The van der Waals surface area contributed by atoms with Crippen molar-refractivity contribution in [2.45, 2.75) is 65.6 Å². The number of carboxylic acid groups (broad SMARTS) is 1. The number of nitrogens with zero attached hydrogens (tertiary/aromatic N) is 1. The number of carbonyl (C=O) groups excluding carboxylic acids is 2. The molecule has 1 saturated heterocycles. The summed E-state index contributed by atoms with van der Waals surface area (Å²) >= 11 is 0. The molecular weight excluding hydrogens is 432 g/mol. The molecule has 0 radical (unpaired) electrons. The second kappa shape index (κ2) is 9.97. The quantitative estimate of drug-likeness (QED) is 0.447. The predicted octanol–water partition coefficient (Wildman–Crippen LogP) is 4.85. The molecule has 2 atom stereocenters. The molecule has 2 unspecified atom stereocenters. The Hall–Kier alpha value is -3.19. The third kappa shape index (κ3) is 5.30. The molecule has 2 aromatic carbocycles. The van der Waals surface area contributed by atoms with Crippen LogP contribution in [-0.4, -0.2) is 41.3 Å². The van der Waals surface area contributed by atoms with E-state index in [0.29, 0.717) is 11.3 Å². The Kier molecular flexibility index (Phi) is 7.46. The highest BCUT2D eigenvalue weighted by molar-refractivity contribution is 6.10. The van der Waals surface area contributed by atoms with E-state index in [9.17, 15) is 19.5 Å². The molecule has 2 aromatic rings. The van der Waals surface area contributed by atoms with E-state index >= 15 is 0 Å². The van der Waals surface area contributed by atoms with Crippen molar-refractivity contribution in [2.75, 3.05) is 11.4 Å². The molecular formula is C27H34N2O5. The Balaban J connectivity index is 1.96. The number of rotatable bonds is 7. The molecule has 34 heavy (non-hydrogen) atoms. The molecule has 0 aliphatic carbocycles. The predicted molar refractivity (Wildman–Crippen MR) is 132 cm³/mol. The first-order chi connectivity index (χ1) is 16.0. The van der Waals surface area contributed by atoms with Crippen molar-refractivity contribution in [3.05, 3.63) is 54.1 Å². The van der Waals surface area contributed by atoms with Crippen LogP contribution < -0.4 is 10.2 Å². The Morgan fingerprint density at radius 1 is 1.15 bits per heavy atom. The van der Waals surface area contributed by atoms with Crippen LogP contribution in [-0.2, 0) is 14.3 Å². The molecule has 0 aromatic heterocycles. The normalized spacial score (nSPS) is 20.8. The van der Waals surface area contributed by atoms with Gasteiger partial charge in [-0.1, -0.05) is 50.1 Å². The number of aliphatic carboxylic acids is 1. The first-order valence-electron chi connectivity index (χ1n) is 11.7. The zero-order valence-corrected chi connectivity index (χ0v) is 20.6. The van der Waals surface area contributed by atoms with Gasteiger partial charge in [0, 0.05) is 12.2 Å². The number of unbranched alkanes of at least 4 members (excludes halogenated alkanes) is 1. The maximum atomic E-state index is 13.3. The van der Waals surface area contributed by atoms with Crippen LogP contribution in [0.4, 0.5) is 5.69 Å². The Labute approximate surface area is 201 Å². The van der Waals surface area contributed by atoms with Crippen molar-refractivity contribution in [1.82, 2.24) is 5.32 Å². The summed E-state index contributed by atoms with van der Waals surface area (Å²) in [5.74, 6) is -1.98. The highest BCUT2D eigenvalue weighted by Crippen LogP contribution is 2.33. The minimum Gasteiger partial charge on any atom is -0.480 e. The van der Waals surface area contributed by atoms with Gasteiger partial charge in [0.2, 0.25) is 5.91 Å². The molecule has 1 fully saturated rings. The van der Waals surface area contributed by atoms with Gasteiger partial charge in [0.05, 0.1) is 11.7 Å². The van der Waals surface area contributed by atoms with Gasteiger partial charge < -0.3 is 9.84 Å². The molecule has 1 amide bonds. The number of carboxylic acids is 1. The van der Waals surface area contributed by atoms with Crippen LogP contribution in [0.3, 0.4) is 0 Å². The summed E-state index contributed by atoms with van der Waals surface area (Å²) in [6.45, 7) is 9.10. The van der Waals surface area contributed by atoms with E-state index in [1.807, 2.05) is 45.0 Å². The minimum absolute atomic E-state index is 0.0907.